The lowest BCUT2D eigenvalue weighted by Gasteiger charge is -2.16. The Morgan fingerprint density at radius 2 is 1.85 bits per heavy atom. The maximum absolute atomic E-state index is 10.8. The summed E-state index contributed by atoms with van der Waals surface area (Å²) in [6.45, 7) is 2.72. The summed E-state index contributed by atoms with van der Waals surface area (Å²) in [6, 6.07) is 14.0. The number of rotatable bonds is 4. The molecule has 8 heteroatoms. The number of non-ortho nitro benzene ring substituents is 1. The van der Waals surface area contributed by atoms with Gasteiger partial charge in [0.15, 0.2) is 0 Å². The Hall–Kier alpha value is -3.13. The molecule has 0 aliphatic carbocycles. The minimum atomic E-state index is -0.413. The van der Waals surface area contributed by atoms with Crippen molar-refractivity contribution in [2.75, 3.05) is 19.6 Å². The first-order chi connectivity index (χ1) is 12.7. The third kappa shape index (κ3) is 3.31. The minimum Gasteiger partial charge on any atom is -0.296 e. The molecule has 132 valence electrons. The van der Waals surface area contributed by atoms with Crippen LogP contribution in [-0.4, -0.2) is 50.3 Å². The number of likely N-dealkylation sites (tertiary alicyclic amines) is 1. The van der Waals surface area contributed by atoms with E-state index in [1.54, 1.807) is 16.8 Å². The lowest BCUT2D eigenvalue weighted by molar-refractivity contribution is -0.384. The van der Waals surface area contributed by atoms with E-state index in [4.69, 9.17) is 4.99 Å². The van der Waals surface area contributed by atoms with Gasteiger partial charge in [0.25, 0.3) is 5.69 Å². The molecule has 0 radical (unpaired) electrons. The van der Waals surface area contributed by atoms with Gasteiger partial charge in [-0.1, -0.05) is 17.3 Å². The van der Waals surface area contributed by atoms with Crippen LogP contribution >= 0.6 is 0 Å². The Bertz CT molecular complexity index is 957. The van der Waals surface area contributed by atoms with Crippen molar-refractivity contribution in [3.05, 3.63) is 58.6 Å². The highest BCUT2D eigenvalue weighted by Crippen LogP contribution is 2.20. The molecule has 8 nitrogen and oxygen atoms in total. The van der Waals surface area contributed by atoms with Gasteiger partial charge in [0.05, 0.1) is 22.7 Å². The molecule has 0 saturated carbocycles. The van der Waals surface area contributed by atoms with Crippen LogP contribution in [0.2, 0.25) is 0 Å². The molecule has 0 unspecified atom stereocenters. The standard InChI is InChI=1S/C18H18N6O2/c25-24(26)15-9-7-14(8-10-15)19-18(13-22-11-3-4-12-22)23-17-6-2-1-5-16(17)20-21-23/h1-2,5-10H,3-4,11-13H2. The summed E-state index contributed by atoms with van der Waals surface area (Å²) in [7, 11) is 0. The fourth-order valence-corrected chi connectivity index (χ4v) is 3.15. The van der Waals surface area contributed by atoms with Crippen molar-refractivity contribution in [2.24, 2.45) is 4.99 Å². The molecule has 2 heterocycles. The van der Waals surface area contributed by atoms with E-state index in [0.29, 0.717) is 12.2 Å². The molecular weight excluding hydrogens is 332 g/mol. The van der Waals surface area contributed by atoms with Crippen molar-refractivity contribution in [1.29, 1.82) is 0 Å². The highest BCUT2D eigenvalue weighted by atomic mass is 16.6. The smallest absolute Gasteiger partial charge is 0.269 e. The van der Waals surface area contributed by atoms with Crippen LogP contribution in [0.1, 0.15) is 12.8 Å². The molecule has 1 aliphatic heterocycles. The summed E-state index contributed by atoms with van der Waals surface area (Å²) in [5.41, 5.74) is 2.42. The van der Waals surface area contributed by atoms with Crippen molar-refractivity contribution >= 4 is 28.2 Å². The van der Waals surface area contributed by atoms with Gasteiger partial charge < -0.3 is 0 Å². The number of nitro benzene ring substituents is 1. The number of benzene rings is 2. The first kappa shape index (κ1) is 16.3. The Balaban J connectivity index is 1.73. The molecule has 0 bridgehead atoms. The number of fused-ring (bicyclic) bond motifs is 1. The van der Waals surface area contributed by atoms with Crippen molar-refractivity contribution in [3.63, 3.8) is 0 Å². The second-order valence-corrected chi connectivity index (χ2v) is 6.27. The fourth-order valence-electron chi connectivity index (χ4n) is 3.15. The average Bonchev–Trinajstić information content (AvgIpc) is 3.31. The Labute approximate surface area is 149 Å². The number of hydrogen-bond acceptors (Lipinski definition) is 6. The SMILES string of the molecule is O=[N+]([O-])c1ccc(N=C(CN2CCCC2)n2nnc3ccccc32)cc1. The Kier molecular flexibility index (Phi) is 4.40. The number of para-hydroxylation sites is 1. The zero-order valence-corrected chi connectivity index (χ0v) is 14.2. The van der Waals surface area contributed by atoms with E-state index < -0.39 is 4.92 Å². The van der Waals surface area contributed by atoms with Crippen LogP contribution in [0.3, 0.4) is 0 Å². The molecule has 26 heavy (non-hydrogen) atoms. The van der Waals surface area contributed by atoms with Gasteiger partial charge >= 0.3 is 0 Å². The van der Waals surface area contributed by atoms with Crippen LogP contribution < -0.4 is 0 Å². The predicted molar refractivity (Wildman–Crippen MR) is 98.8 cm³/mol. The molecule has 0 spiro atoms. The summed E-state index contributed by atoms with van der Waals surface area (Å²) in [5, 5.41) is 19.3. The molecule has 2 aromatic carbocycles. The zero-order chi connectivity index (χ0) is 17.9. The Morgan fingerprint density at radius 3 is 2.58 bits per heavy atom. The van der Waals surface area contributed by atoms with Crippen LogP contribution in [0, 0.1) is 10.1 Å². The van der Waals surface area contributed by atoms with E-state index in [9.17, 15) is 10.1 Å². The minimum absolute atomic E-state index is 0.0521. The second-order valence-electron chi connectivity index (χ2n) is 6.27. The van der Waals surface area contributed by atoms with Gasteiger partial charge in [0, 0.05) is 12.1 Å². The van der Waals surface area contributed by atoms with Gasteiger partial charge in [-0.3, -0.25) is 15.0 Å². The summed E-state index contributed by atoms with van der Waals surface area (Å²) in [4.78, 5) is 17.5. The maximum atomic E-state index is 10.8. The highest BCUT2D eigenvalue weighted by Gasteiger charge is 2.18. The van der Waals surface area contributed by atoms with Gasteiger partial charge in [-0.25, -0.2) is 4.99 Å². The third-order valence-electron chi connectivity index (χ3n) is 4.48. The lowest BCUT2D eigenvalue weighted by atomic mass is 10.3. The molecule has 1 fully saturated rings. The molecule has 0 N–H and O–H groups in total. The number of aliphatic imine (C=N–C) groups is 1. The van der Waals surface area contributed by atoms with E-state index >= 15 is 0 Å². The third-order valence-corrected chi connectivity index (χ3v) is 4.48. The van der Waals surface area contributed by atoms with E-state index in [0.717, 1.165) is 30.0 Å². The maximum Gasteiger partial charge on any atom is 0.269 e. The molecule has 4 rings (SSSR count). The monoisotopic (exact) mass is 350 g/mol. The van der Waals surface area contributed by atoms with Crippen LogP contribution in [0.25, 0.3) is 11.0 Å². The van der Waals surface area contributed by atoms with Crippen LogP contribution in [0.4, 0.5) is 11.4 Å². The highest BCUT2D eigenvalue weighted by molar-refractivity contribution is 5.94. The largest absolute Gasteiger partial charge is 0.296 e. The molecule has 0 amide bonds. The first-order valence-corrected chi connectivity index (χ1v) is 8.56. The van der Waals surface area contributed by atoms with E-state index in [2.05, 4.69) is 15.2 Å². The van der Waals surface area contributed by atoms with Crippen molar-refractivity contribution in [1.82, 2.24) is 19.9 Å². The van der Waals surface area contributed by atoms with Crippen LogP contribution in [0.15, 0.2) is 53.5 Å². The first-order valence-electron chi connectivity index (χ1n) is 8.56. The molecule has 0 atom stereocenters. The zero-order valence-electron chi connectivity index (χ0n) is 14.2. The summed E-state index contributed by atoms with van der Waals surface area (Å²) in [6.07, 6.45) is 2.37. The number of nitrogens with zero attached hydrogens (tertiary/aromatic N) is 6. The van der Waals surface area contributed by atoms with E-state index in [1.165, 1.54) is 25.0 Å². The van der Waals surface area contributed by atoms with Gasteiger partial charge in [-0.15, -0.1) is 5.10 Å². The summed E-state index contributed by atoms with van der Waals surface area (Å²) in [5.74, 6) is 0.759. The molecule has 1 aliphatic rings. The van der Waals surface area contributed by atoms with Gasteiger partial charge in [-0.2, -0.15) is 4.68 Å². The van der Waals surface area contributed by atoms with Gasteiger partial charge in [-0.05, 0) is 50.2 Å². The lowest BCUT2D eigenvalue weighted by Crippen LogP contribution is -2.31. The number of aromatic nitrogens is 3. The van der Waals surface area contributed by atoms with E-state index in [-0.39, 0.29) is 5.69 Å². The average molecular weight is 350 g/mol. The molecule has 1 saturated heterocycles. The fraction of sp³-hybridized carbons (Fsp3) is 0.278. The van der Waals surface area contributed by atoms with Crippen molar-refractivity contribution in [2.45, 2.75) is 12.8 Å². The van der Waals surface area contributed by atoms with Gasteiger partial charge in [0.2, 0.25) is 0 Å². The normalized spacial score (nSPS) is 15.6. The van der Waals surface area contributed by atoms with Crippen molar-refractivity contribution < 1.29 is 4.92 Å². The Morgan fingerprint density at radius 1 is 1.12 bits per heavy atom. The quantitative estimate of drug-likeness (QED) is 0.312. The van der Waals surface area contributed by atoms with Crippen molar-refractivity contribution in [3.8, 4) is 0 Å². The van der Waals surface area contributed by atoms with E-state index in [1.807, 2.05) is 24.3 Å². The number of hydrogen-bond donors (Lipinski definition) is 0. The van der Waals surface area contributed by atoms with Crippen LogP contribution in [0.5, 0.6) is 0 Å². The number of nitro groups is 1. The second kappa shape index (κ2) is 7.01. The topological polar surface area (TPSA) is 89.5 Å². The molecule has 3 aromatic rings. The molecule has 1 aromatic heterocycles. The molecular formula is C18H18N6O2. The summed E-state index contributed by atoms with van der Waals surface area (Å²) < 4.78 is 1.76. The predicted octanol–water partition coefficient (Wildman–Crippen LogP) is 3.01. The van der Waals surface area contributed by atoms with Gasteiger partial charge in [0.1, 0.15) is 11.4 Å². The van der Waals surface area contributed by atoms with Crippen LogP contribution in [-0.2, 0) is 0 Å². The summed E-state index contributed by atoms with van der Waals surface area (Å²) >= 11 is 0.